The second-order valence-electron chi connectivity index (χ2n) is 4.49. The summed E-state index contributed by atoms with van der Waals surface area (Å²) in [5.74, 6) is -0.0538. The number of para-hydroxylation sites is 1. The number of piperazine rings is 1. The van der Waals surface area contributed by atoms with Gasteiger partial charge in [-0.25, -0.2) is 0 Å². The summed E-state index contributed by atoms with van der Waals surface area (Å²) in [5.41, 5.74) is 2.50. The standard InChI is InChI=1S/C14H17N3O/c1-12-4-2-3-5-13(12)16-8-10-17(11-9-16)14(18)6-7-15/h2-5H,6,8-11H2,1H3. The highest BCUT2D eigenvalue weighted by molar-refractivity contribution is 5.78. The molecule has 4 nitrogen and oxygen atoms in total. The number of aryl methyl sites for hydroxylation is 1. The van der Waals surface area contributed by atoms with Crippen molar-refractivity contribution in [3.05, 3.63) is 29.8 Å². The third-order valence-corrected chi connectivity index (χ3v) is 3.32. The Morgan fingerprint density at radius 3 is 2.56 bits per heavy atom. The van der Waals surface area contributed by atoms with Gasteiger partial charge >= 0.3 is 0 Å². The normalized spacial score (nSPS) is 15.3. The molecule has 2 rings (SSSR count). The zero-order valence-electron chi connectivity index (χ0n) is 10.6. The fourth-order valence-electron chi connectivity index (χ4n) is 2.29. The Labute approximate surface area is 107 Å². The Balaban J connectivity index is 1.97. The Bertz CT molecular complexity index is 470. The Kier molecular flexibility index (Phi) is 3.83. The molecule has 1 aliphatic heterocycles. The molecule has 0 atom stereocenters. The van der Waals surface area contributed by atoms with Gasteiger partial charge in [0.2, 0.25) is 5.91 Å². The summed E-state index contributed by atoms with van der Waals surface area (Å²) in [4.78, 5) is 15.7. The van der Waals surface area contributed by atoms with Gasteiger partial charge in [-0.05, 0) is 18.6 Å². The fraction of sp³-hybridized carbons (Fsp3) is 0.429. The first-order valence-corrected chi connectivity index (χ1v) is 6.17. The topological polar surface area (TPSA) is 47.3 Å². The predicted molar refractivity (Wildman–Crippen MR) is 70.2 cm³/mol. The molecule has 0 radical (unpaired) electrons. The van der Waals surface area contributed by atoms with Crippen LogP contribution in [0.15, 0.2) is 24.3 Å². The molecule has 0 N–H and O–H groups in total. The van der Waals surface area contributed by atoms with E-state index in [2.05, 4.69) is 24.0 Å². The van der Waals surface area contributed by atoms with Crippen molar-refractivity contribution in [2.45, 2.75) is 13.3 Å². The lowest BCUT2D eigenvalue weighted by Crippen LogP contribution is -2.48. The van der Waals surface area contributed by atoms with Gasteiger partial charge in [-0.3, -0.25) is 4.79 Å². The van der Waals surface area contributed by atoms with E-state index in [0.29, 0.717) is 13.1 Å². The molecule has 18 heavy (non-hydrogen) atoms. The van der Waals surface area contributed by atoms with Crippen molar-refractivity contribution in [2.24, 2.45) is 0 Å². The number of carbonyl (C=O) groups excluding carboxylic acids is 1. The van der Waals surface area contributed by atoms with E-state index in [1.807, 2.05) is 18.2 Å². The van der Waals surface area contributed by atoms with Gasteiger partial charge in [-0.2, -0.15) is 5.26 Å². The molecule has 0 aromatic heterocycles. The van der Waals surface area contributed by atoms with Gasteiger partial charge in [-0.15, -0.1) is 0 Å². The van der Waals surface area contributed by atoms with E-state index in [4.69, 9.17) is 5.26 Å². The fourth-order valence-corrected chi connectivity index (χ4v) is 2.29. The predicted octanol–water partition coefficient (Wildman–Crippen LogP) is 1.56. The second-order valence-corrected chi connectivity index (χ2v) is 4.49. The highest BCUT2D eigenvalue weighted by Crippen LogP contribution is 2.20. The lowest BCUT2D eigenvalue weighted by atomic mass is 10.1. The van der Waals surface area contributed by atoms with E-state index in [0.717, 1.165) is 13.1 Å². The third-order valence-electron chi connectivity index (χ3n) is 3.32. The minimum atomic E-state index is -0.0538. The van der Waals surface area contributed by atoms with Crippen LogP contribution in [0.3, 0.4) is 0 Å². The maximum absolute atomic E-state index is 11.6. The van der Waals surface area contributed by atoms with Crippen molar-refractivity contribution in [3.8, 4) is 6.07 Å². The minimum Gasteiger partial charge on any atom is -0.368 e. The van der Waals surface area contributed by atoms with Crippen molar-refractivity contribution in [1.29, 1.82) is 5.26 Å². The van der Waals surface area contributed by atoms with Crippen LogP contribution in [-0.2, 0) is 4.79 Å². The first-order valence-electron chi connectivity index (χ1n) is 6.17. The zero-order valence-corrected chi connectivity index (χ0v) is 10.6. The summed E-state index contributed by atoms with van der Waals surface area (Å²) < 4.78 is 0. The Hall–Kier alpha value is -2.02. The number of carbonyl (C=O) groups is 1. The number of amides is 1. The average molecular weight is 243 g/mol. The zero-order chi connectivity index (χ0) is 13.0. The molecular formula is C14H17N3O. The molecule has 0 aliphatic carbocycles. The van der Waals surface area contributed by atoms with Crippen molar-refractivity contribution in [3.63, 3.8) is 0 Å². The number of benzene rings is 1. The molecular weight excluding hydrogens is 226 g/mol. The summed E-state index contributed by atoms with van der Waals surface area (Å²) in [7, 11) is 0. The van der Waals surface area contributed by atoms with Crippen LogP contribution in [0.25, 0.3) is 0 Å². The van der Waals surface area contributed by atoms with E-state index in [1.165, 1.54) is 11.3 Å². The first-order chi connectivity index (χ1) is 8.72. The van der Waals surface area contributed by atoms with Crippen LogP contribution in [0.1, 0.15) is 12.0 Å². The lowest BCUT2D eigenvalue weighted by Gasteiger charge is -2.36. The summed E-state index contributed by atoms with van der Waals surface area (Å²) >= 11 is 0. The van der Waals surface area contributed by atoms with E-state index in [1.54, 1.807) is 4.90 Å². The molecule has 1 heterocycles. The SMILES string of the molecule is Cc1ccccc1N1CCN(C(=O)CC#N)CC1. The van der Waals surface area contributed by atoms with Crippen LogP contribution in [0.5, 0.6) is 0 Å². The van der Waals surface area contributed by atoms with Crippen molar-refractivity contribution >= 4 is 11.6 Å². The first kappa shape index (κ1) is 12.4. The van der Waals surface area contributed by atoms with Gasteiger partial charge in [0.25, 0.3) is 0 Å². The molecule has 4 heteroatoms. The number of nitrogens with zero attached hydrogens (tertiary/aromatic N) is 3. The number of rotatable bonds is 2. The van der Waals surface area contributed by atoms with Gasteiger partial charge in [0, 0.05) is 31.9 Å². The van der Waals surface area contributed by atoms with Crippen molar-refractivity contribution in [1.82, 2.24) is 4.90 Å². The quantitative estimate of drug-likeness (QED) is 0.792. The second kappa shape index (κ2) is 5.54. The van der Waals surface area contributed by atoms with Crippen LogP contribution < -0.4 is 4.90 Å². The molecule has 0 saturated carbocycles. The summed E-state index contributed by atoms with van der Waals surface area (Å²) in [5, 5.41) is 8.53. The van der Waals surface area contributed by atoms with E-state index in [-0.39, 0.29) is 12.3 Å². The third kappa shape index (κ3) is 2.62. The van der Waals surface area contributed by atoms with E-state index < -0.39 is 0 Å². The molecule has 1 aliphatic rings. The van der Waals surface area contributed by atoms with Gasteiger partial charge in [-0.1, -0.05) is 18.2 Å². The van der Waals surface area contributed by atoms with Crippen LogP contribution >= 0.6 is 0 Å². The molecule has 1 aromatic rings. The number of hydrogen-bond donors (Lipinski definition) is 0. The summed E-state index contributed by atoms with van der Waals surface area (Å²) in [6.45, 7) is 5.18. The maximum Gasteiger partial charge on any atom is 0.236 e. The summed E-state index contributed by atoms with van der Waals surface area (Å²) in [6, 6.07) is 10.2. The number of hydrogen-bond acceptors (Lipinski definition) is 3. The van der Waals surface area contributed by atoms with Gasteiger partial charge < -0.3 is 9.80 Å². The molecule has 0 spiro atoms. The van der Waals surface area contributed by atoms with Crippen molar-refractivity contribution < 1.29 is 4.79 Å². The lowest BCUT2D eigenvalue weighted by molar-refractivity contribution is -0.130. The van der Waals surface area contributed by atoms with Crippen LogP contribution in [0, 0.1) is 18.3 Å². The molecule has 0 bridgehead atoms. The highest BCUT2D eigenvalue weighted by Gasteiger charge is 2.21. The van der Waals surface area contributed by atoms with Gasteiger partial charge in [0.1, 0.15) is 6.42 Å². The largest absolute Gasteiger partial charge is 0.368 e. The smallest absolute Gasteiger partial charge is 0.236 e. The molecule has 1 fully saturated rings. The van der Waals surface area contributed by atoms with E-state index >= 15 is 0 Å². The van der Waals surface area contributed by atoms with Crippen molar-refractivity contribution in [2.75, 3.05) is 31.1 Å². The van der Waals surface area contributed by atoms with Crippen LogP contribution in [-0.4, -0.2) is 37.0 Å². The monoisotopic (exact) mass is 243 g/mol. The number of anilines is 1. The highest BCUT2D eigenvalue weighted by atomic mass is 16.2. The van der Waals surface area contributed by atoms with Gasteiger partial charge in [0.05, 0.1) is 6.07 Å². The summed E-state index contributed by atoms with van der Waals surface area (Å²) in [6.07, 6.45) is -0.00956. The maximum atomic E-state index is 11.6. The molecule has 0 unspecified atom stereocenters. The molecule has 1 saturated heterocycles. The van der Waals surface area contributed by atoms with E-state index in [9.17, 15) is 4.79 Å². The average Bonchev–Trinajstić information content (AvgIpc) is 2.40. The molecule has 1 amide bonds. The number of nitriles is 1. The minimum absolute atomic E-state index is 0.00956. The molecule has 94 valence electrons. The Morgan fingerprint density at radius 1 is 1.28 bits per heavy atom. The van der Waals surface area contributed by atoms with Crippen LogP contribution in [0.2, 0.25) is 0 Å². The molecule has 1 aromatic carbocycles. The van der Waals surface area contributed by atoms with Gasteiger partial charge in [0.15, 0.2) is 0 Å². The van der Waals surface area contributed by atoms with Crippen LogP contribution in [0.4, 0.5) is 5.69 Å². The Morgan fingerprint density at radius 2 is 1.94 bits per heavy atom.